The summed E-state index contributed by atoms with van der Waals surface area (Å²) >= 11 is 0. The number of nitrogens with zero attached hydrogens (tertiary/aromatic N) is 5. The zero-order valence-electron chi connectivity index (χ0n) is 18.7. The van der Waals surface area contributed by atoms with Crippen molar-refractivity contribution in [2.75, 3.05) is 31.1 Å². The van der Waals surface area contributed by atoms with E-state index in [1.807, 2.05) is 48.5 Å². The maximum absolute atomic E-state index is 13.1. The van der Waals surface area contributed by atoms with Gasteiger partial charge >= 0.3 is 11.1 Å². The first-order chi connectivity index (χ1) is 16.6. The number of anilines is 1. The molecule has 3 heterocycles. The molecule has 5 rings (SSSR count). The normalized spacial score (nSPS) is 13.9. The van der Waals surface area contributed by atoms with Crippen LogP contribution in [0, 0.1) is 0 Å². The molecule has 0 saturated carbocycles. The summed E-state index contributed by atoms with van der Waals surface area (Å²) in [5, 5.41) is 0. The Morgan fingerprint density at radius 3 is 2.12 bits per heavy atom. The van der Waals surface area contributed by atoms with Crippen molar-refractivity contribution in [1.82, 2.24) is 19.0 Å². The van der Waals surface area contributed by atoms with E-state index in [0.29, 0.717) is 37.3 Å². The van der Waals surface area contributed by atoms with Gasteiger partial charge in [-0.3, -0.25) is 23.5 Å². The maximum Gasteiger partial charge on any atom is 0.318 e. The number of hydrogen-bond donors (Lipinski definition) is 0. The lowest BCUT2D eigenvalue weighted by molar-refractivity contribution is -0.132. The van der Waals surface area contributed by atoms with Crippen LogP contribution in [0.3, 0.4) is 0 Å². The molecule has 1 aliphatic rings. The van der Waals surface area contributed by atoms with Crippen LogP contribution in [0.5, 0.6) is 0 Å². The second-order valence-corrected chi connectivity index (χ2v) is 8.32. The van der Waals surface area contributed by atoms with Crippen molar-refractivity contribution in [2.45, 2.75) is 13.1 Å². The van der Waals surface area contributed by atoms with Crippen LogP contribution in [0.15, 0.2) is 88.6 Å². The van der Waals surface area contributed by atoms with Gasteiger partial charge in [0.05, 0.1) is 12.1 Å². The highest BCUT2D eigenvalue weighted by atomic mass is 16.2. The molecule has 8 nitrogen and oxygen atoms in total. The van der Waals surface area contributed by atoms with Crippen LogP contribution in [-0.2, 0) is 17.9 Å². The van der Waals surface area contributed by atoms with E-state index in [9.17, 15) is 14.4 Å². The monoisotopic (exact) mass is 455 g/mol. The number of hydrogen-bond acceptors (Lipinski definition) is 5. The molecule has 0 atom stereocenters. The number of para-hydroxylation sites is 1. The molecule has 0 radical (unpaired) electrons. The third kappa shape index (κ3) is 4.22. The predicted molar refractivity (Wildman–Crippen MR) is 131 cm³/mol. The second kappa shape index (κ2) is 9.35. The van der Waals surface area contributed by atoms with E-state index in [-0.39, 0.29) is 19.0 Å². The minimum atomic E-state index is -0.715. The minimum Gasteiger partial charge on any atom is -0.368 e. The van der Waals surface area contributed by atoms with Gasteiger partial charge in [0.15, 0.2) is 5.65 Å². The Kier molecular flexibility index (Phi) is 5.95. The van der Waals surface area contributed by atoms with Crippen LogP contribution in [0.2, 0.25) is 0 Å². The molecule has 172 valence electrons. The molecule has 0 N–H and O–H groups in total. The number of piperazine rings is 1. The molecule has 0 unspecified atom stereocenters. The number of aromatic nitrogens is 3. The molecule has 0 spiro atoms. The summed E-state index contributed by atoms with van der Waals surface area (Å²) in [6.45, 7) is 2.59. The highest BCUT2D eigenvalue weighted by molar-refractivity contribution is 5.79. The number of carbonyl (C=O) groups excluding carboxylic acids is 1. The third-order valence-electron chi connectivity index (χ3n) is 6.22. The largest absolute Gasteiger partial charge is 0.368 e. The van der Waals surface area contributed by atoms with Crippen molar-refractivity contribution in [3.05, 3.63) is 105 Å². The van der Waals surface area contributed by atoms with Crippen molar-refractivity contribution in [3.63, 3.8) is 0 Å². The van der Waals surface area contributed by atoms with Crippen LogP contribution in [0.4, 0.5) is 5.69 Å². The molecule has 2 aromatic heterocycles. The Labute approximate surface area is 196 Å². The average molecular weight is 456 g/mol. The van der Waals surface area contributed by atoms with Gasteiger partial charge in [-0.25, -0.2) is 4.98 Å². The van der Waals surface area contributed by atoms with E-state index in [2.05, 4.69) is 22.0 Å². The fourth-order valence-electron chi connectivity index (χ4n) is 4.40. The molecule has 34 heavy (non-hydrogen) atoms. The van der Waals surface area contributed by atoms with Crippen molar-refractivity contribution in [1.29, 1.82) is 0 Å². The topological polar surface area (TPSA) is 80.4 Å². The number of pyridine rings is 1. The molecule has 1 aliphatic heterocycles. The summed E-state index contributed by atoms with van der Waals surface area (Å²) < 4.78 is 2.64. The van der Waals surface area contributed by atoms with E-state index in [1.165, 1.54) is 9.13 Å². The average Bonchev–Trinajstić information content (AvgIpc) is 2.90. The molecule has 1 saturated heterocycles. The van der Waals surface area contributed by atoms with Crippen molar-refractivity contribution in [2.24, 2.45) is 0 Å². The Morgan fingerprint density at radius 2 is 1.41 bits per heavy atom. The van der Waals surface area contributed by atoms with Crippen molar-refractivity contribution >= 4 is 22.8 Å². The molecular weight excluding hydrogens is 430 g/mol. The fourth-order valence-corrected chi connectivity index (χ4v) is 4.40. The van der Waals surface area contributed by atoms with Crippen LogP contribution >= 0.6 is 0 Å². The zero-order chi connectivity index (χ0) is 23.5. The predicted octanol–water partition coefficient (Wildman–Crippen LogP) is 1.96. The SMILES string of the molecule is O=C(Cn1c(=O)c(=O)n(Cc2ccccc2)c2ncccc21)N1CCN(c2ccccc2)CC1. The van der Waals surface area contributed by atoms with Gasteiger partial charge in [-0.05, 0) is 29.8 Å². The standard InChI is InChI=1S/C26H25N5O3/c32-23(29-16-14-28(15-17-29)21-10-5-2-6-11-21)19-30-22-12-7-13-27-24(22)31(26(34)25(30)33)18-20-8-3-1-4-9-20/h1-13H,14-19H2. The molecule has 1 amide bonds. The molecule has 8 heteroatoms. The maximum atomic E-state index is 13.1. The molecular formula is C26H25N5O3. The summed E-state index contributed by atoms with van der Waals surface area (Å²) in [6, 6.07) is 23.0. The summed E-state index contributed by atoms with van der Waals surface area (Å²) in [4.78, 5) is 47.6. The summed E-state index contributed by atoms with van der Waals surface area (Å²) in [6.07, 6.45) is 1.59. The minimum absolute atomic E-state index is 0.180. The lowest BCUT2D eigenvalue weighted by Crippen LogP contribution is -2.51. The lowest BCUT2D eigenvalue weighted by Gasteiger charge is -2.36. The van der Waals surface area contributed by atoms with Crippen molar-refractivity contribution < 1.29 is 4.79 Å². The second-order valence-electron chi connectivity index (χ2n) is 8.32. The van der Waals surface area contributed by atoms with Crippen LogP contribution < -0.4 is 16.0 Å². The van der Waals surface area contributed by atoms with E-state index >= 15 is 0 Å². The van der Waals surface area contributed by atoms with Crippen LogP contribution in [0.25, 0.3) is 11.2 Å². The van der Waals surface area contributed by atoms with Gasteiger partial charge in [-0.1, -0.05) is 48.5 Å². The number of fused-ring (bicyclic) bond motifs is 1. The van der Waals surface area contributed by atoms with Crippen LogP contribution in [0.1, 0.15) is 5.56 Å². The highest BCUT2D eigenvalue weighted by Gasteiger charge is 2.23. The van der Waals surface area contributed by atoms with Gasteiger partial charge in [-0.15, -0.1) is 0 Å². The number of benzene rings is 2. The van der Waals surface area contributed by atoms with E-state index in [0.717, 1.165) is 11.3 Å². The zero-order valence-corrected chi connectivity index (χ0v) is 18.7. The Morgan fingerprint density at radius 1 is 0.765 bits per heavy atom. The Hall–Kier alpha value is -4.20. The van der Waals surface area contributed by atoms with E-state index in [1.54, 1.807) is 23.2 Å². The Balaban J connectivity index is 1.40. The number of rotatable bonds is 5. The first-order valence-electron chi connectivity index (χ1n) is 11.3. The van der Waals surface area contributed by atoms with Gasteiger partial charge in [0.2, 0.25) is 5.91 Å². The first kappa shape index (κ1) is 21.6. The van der Waals surface area contributed by atoms with Gasteiger partial charge < -0.3 is 9.80 Å². The van der Waals surface area contributed by atoms with E-state index in [4.69, 9.17) is 0 Å². The first-order valence-corrected chi connectivity index (χ1v) is 11.3. The molecule has 0 aliphatic carbocycles. The number of carbonyl (C=O) groups is 1. The molecule has 1 fully saturated rings. The van der Waals surface area contributed by atoms with Gasteiger partial charge in [0, 0.05) is 38.1 Å². The van der Waals surface area contributed by atoms with Gasteiger partial charge in [0.1, 0.15) is 6.54 Å². The lowest BCUT2D eigenvalue weighted by atomic mass is 10.2. The van der Waals surface area contributed by atoms with Gasteiger partial charge in [0.25, 0.3) is 0 Å². The molecule has 4 aromatic rings. The summed E-state index contributed by atoms with van der Waals surface area (Å²) in [7, 11) is 0. The molecule has 2 aromatic carbocycles. The van der Waals surface area contributed by atoms with E-state index < -0.39 is 11.1 Å². The quantitative estimate of drug-likeness (QED) is 0.430. The van der Waals surface area contributed by atoms with Crippen molar-refractivity contribution in [3.8, 4) is 0 Å². The number of amides is 1. The molecule has 0 bridgehead atoms. The summed E-state index contributed by atoms with van der Waals surface area (Å²) in [5.74, 6) is -0.180. The Bertz CT molecular complexity index is 1420. The summed E-state index contributed by atoms with van der Waals surface area (Å²) in [5.41, 5.74) is 1.48. The third-order valence-corrected chi connectivity index (χ3v) is 6.22. The smallest absolute Gasteiger partial charge is 0.318 e. The fraction of sp³-hybridized carbons (Fsp3) is 0.231. The highest BCUT2D eigenvalue weighted by Crippen LogP contribution is 2.16. The van der Waals surface area contributed by atoms with Gasteiger partial charge in [-0.2, -0.15) is 0 Å². The van der Waals surface area contributed by atoms with Crippen LogP contribution in [-0.4, -0.2) is 51.1 Å².